The smallest absolute Gasteiger partial charge is 0.208 e. The quantitative estimate of drug-likeness (QED) is 0.748. The molecule has 0 fully saturated rings. The van der Waals surface area contributed by atoms with Crippen LogP contribution < -0.4 is 4.72 Å². The molecule has 0 spiro atoms. The molecule has 2 rings (SSSR count). The van der Waals surface area contributed by atoms with Crippen LogP contribution in [0.1, 0.15) is 12.5 Å². The highest BCUT2D eigenvalue weighted by atomic mass is 79.9. The van der Waals surface area contributed by atoms with Crippen LogP contribution in [-0.4, -0.2) is 14.5 Å². The largest absolute Gasteiger partial charge is 0.243 e. The molecule has 114 valence electrons. The summed E-state index contributed by atoms with van der Waals surface area (Å²) in [4.78, 5) is -0.0915. The van der Waals surface area contributed by atoms with Crippen LogP contribution in [0.3, 0.4) is 0 Å². The molecule has 0 aliphatic rings. The second kappa shape index (κ2) is 6.98. The van der Waals surface area contributed by atoms with Crippen LogP contribution in [0, 0.1) is 0 Å². The van der Waals surface area contributed by atoms with E-state index in [-0.39, 0.29) is 21.0 Å². The number of hydrogen-bond donors (Lipinski definition) is 1. The summed E-state index contributed by atoms with van der Waals surface area (Å²) < 4.78 is 28.1. The minimum atomic E-state index is -3.77. The fourth-order valence-corrected chi connectivity index (χ4v) is 5.78. The minimum absolute atomic E-state index is 0.0876. The number of halogens is 3. The first-order valence-electron chi connectivity index (χ1n) is 5.97. The van der Waals surface area contributed by atoms with Crippen molar-refractivity contribution >= 4 is 60.5 Å². The first-order valence-corrected chi connectivity index (χ1v) is 9.95. The summed E-state index contributed by atoms with van der Waals surface area (Å²) in [6.45, 7) is 1.80. The molecule has 0 amide bonds. The lowest BCUT2D eigenvalue weighted by Crippen LogP contribution is -2.34. The Morgan fingerprint density at radius 1 is 1.33 bits per heavy atom. The van der Waals surface area contributed by atoms with Gasteiger partial charge in [-0.15, -0.1) is 0 Å². The van der Waals surface area contributed by atoms with Gasteiger partial charge in [-0.1, -0.05) is 39.1 Å². The van der Waals surface area contributed by atoms with E-state index in [2.05, 4.69) is 20.7 Å². The molecule has 2 aromatic rings. The Morgan fingerprint density at radius 2 is 1.95 bits per heavy atom. The van der Waals surface area contributed by atoms with E-state index < -0.39 is 10.0 Å². The molecule has 1 heterocycles. The van der Waals surface area contributed by atoms with E-state index in [0.717, 1.165) is 5.56 Å². The van der Waals surface area contributed by atoms with Gasteiger partial charge in [0.1, 0.15) is 4.90 Å². The molecule has 0 radical (unpaired) electrons. The van der Waals surface area contributed by atoms with Gasteiger partial charge >= 0.3 is 0 Å². The van der Waals surface area contributed by atoms with Gasteiger partial charge in [-0.05, 0) is 47.9 Å². The molecule has 21 heavy (non-hydrogen) atoms. The molecule has 1 N–H and O–H groups in total. The molecule has 0 saturated heterocycles. The second-order valence-electron chi connectivity index (χ2n) is 4.56. The maximum atomic E-state index is 12.4. The molecule has 1 unspecified atom stereocenters. The Labute approximate surface area is 146 Å². The van der Waals surface area contributed by atoms with E-state index in [0.29, 0.717) is 10.9 Å². The van der Waals surface area contributed by atoms with Crippen LogP contribution >= 0.6 is 50.5 Å². The zero-order valence-corrected chi connectivity index (χ0v) is 15.7. The third-order valence-electron chi connectivity index (χ3n) is 2.71. The molecular weight excluding hydrogens is 417 g/mol. The molecule has 0 saturated carbocycles. The summed E-state index contributed by atoms with van der Waals surface area (Å²) in [6.07, 6.45) is 0.606. The highest BCUT2D eigenvalue weighted by Crippen LogP contribution is 2.32. The van der Waals surface area contributed by atoms with Gasteiger partial charge in [0.15, 0.2) is 0 Å². The van der Waals surface area contributed by atoms with E-state index in [1.807, 2.05) is 16.8 Å². The van der Waals surface area contributed by atoms with Crippen LogP contribution in [0.2, 0.25) is 10.0 Å². The monoisotopic (exact) mass is 427 g/mol. The van der Waals surface area contributed by atoms with Crippen molar-refractivity contribution in [2.75, 3.05) is 0 Å². The zero-order chi connectivity index (χ0) is 15.6. The summed E-state index contributed by atoms with van der Waals surface area (Å²) in [5.41, 5.74) is 1.09. The number of hydrogen-bond acceptors (Lipinski definition) is 3. The molecule has 0 bridgehead atoms. The zero-order valence-electron chi connectivity index (χ0n) is 10.9. The minimum Gasteiger partial charge on any atom is -0.208 e. The molecule has 3 nitrogen and oxygen atoms in total. The van der Waals surface area contributed by atoms with Crippen LogP contribution in [0.5, 0.6) is 0 Å². The predicted molar refractivity (Wildman–Crippen MR) is 92.0 cm³/mol. The molecule has 8 heteroatoms. The summed E-state index contributed by atoms with van der Waals surface area (Å²) >= 11 is 16.8. The highest BCUT2D eigenvalue weighted by molar-refractivity contribution is 9.10. The van der Waals surface area contributed by atoms with Gasteiger partial charge in [0.25, 0.3) is 0 Å². The lowest BCUT2D eigenvalue weighted by atomic mass is 10.1. The fraction of sp³-hybridized carbons (Fsp3) is 0.231. The van der Waals surface area contributed by atoms with Crippen molar-refractivity contribution in [1.82, 2.24) is 4.72 Å². The Hall–Kier alpha value is -0.110. The molecule has 1 atom stereocenters. The highest BCUT2D eigenvalue weighted by Gasteiger charge is 2.24. The number of thiophene rings is 1. The fourth-order valence-electron chi connectivity index (χ4n) is 1.91. The van der Waals surface area contributed by atoms with Gasteiger partial charge in [-0.3, -0.25) is 0 Å². The summed E-state index contributed by atoms with van der Waals surface area (Å²) in [5, 5.41) is 4.12. The van der Waals surface area contributed by atoms with Gasteiger partial charge < -0.3 is 0 Å². The lowest BCUT2D eigenvalue weighted by Gasteiger charge is -2.15. The Balaban J connectivity index is 2.22. The van der Waals surface area contributed by atoms with Gasteiger partial charge in [0.05, 0.1) is 10.0 Å². The van der Waals surface area contributed by atoms with Crippen LogP contribution in [0.4, 0.5) is 0 Å². The molecule has 1 aromatic carbocycles. The number of rotatable bonds is 5. The topological polar surface area (TPSA) is 46.2 Å². The third-order valence-corrected chi connectivity index (χ3v) is 6.41. The van der Waals surface area contributed by atoms with Crippen molar-refractivity contribution in [2.24, 2.45) is 0 Å². The maximum Gasteiger partial charge on any atom is 0.243 e. The number of benzene rings is 1. The van der Waals surface area contributed by atoms with Crippen molar-refractivity contribution in [3.05, 3.63) is 49.0 Å². The van der Waals surface area contributed by atoms with Crippen molar-refractivity contribution < 1.29 is 8.42 Å². The lowest BCUT2D eigenvalue weighted by molar-refractivity contribution is 0.560. The van der Waals surface area contributed by atoms with E-state index in [1.54, 1.807) is 18.3 Å². The summed E-state index contributed by atoms with van der Waals surface area (Å²) in [7, 11) is -3.77. The van der Waals surface area contributed by atoms with Crippen LogP contribution in [-0.2, 0) is 16.4 Å². The molecular formula is C13H12BrCl2NO2S2. The average molecular weight is 429 g/mol. The van der Waals surface area contributed by atoms with Gasteiger partial charge in [0.2, 0.25) is 10.0 Å². The van der Waals surface area contributed by atoms with Crippen molar-refractivity contribution in [2.45, 2.75) is 24.3 Å². The summed E-state index contributed by atoms with van der Waals surface area (Å²) in [5.74, 6) is 0. The van der Waals surface area contributed by atoms with Crippen LogP contribution in [0.25, 0.3) is 0 Å². The standard InChI is InChI=1S/C13H12BrCl2NO2S2/c1-8(4-9-2-3-20-7-9)17-21(18,19)13-11(15)5-10(14)6-12(13)16/h2-3,5-8,17H,4H2,1H3. The van der Waals surface area contributed by atoms with E-state index >= 15 is 0 Å². The van der Waals surface area contributed by atoms with Crippen molar-refractivity contribution in [1.29, 1.82) is 0 Å². The van der Waals surface area contributed by atoms with E-state index in [1.165, 1.54) is 12.1 Å². The van der Waals surface area contributed by atoms with Gasteiger partial charge in [-0.25, -0.2) is 13.1 Å². The Kier molecular flexibility index (Phi) is 5.73. The SMILES string of the molecule is CC(Cc1ccsc1)NS(=O)(=O)c1c(Cl)cc(Br)cc1Cl. The Bertz CT molecular complexity index is 710. The number of sulfonamides is 1. The Morgan fingerprint density at radius 3 is 2.48 bits per heavy atom. The average Bonchev–Trinajstić information content (AvgIpc) is 2.78. The third kappa shape index (κ3) is 4.43. The number of nitrogens with one attached hydrogen (secondary N) is 1. The maximum absolute atomic E-state index is 12.4. The second-order valence-corrected chi connectivity index (χ2v) is 8.72. The molecule has 0 aliphatic heterocycles. The van der Waals surface area contributed by atoms with E-state index in [4.69, 9.17) is 23.2 Å². The van der Waals surface area contributed by atoms with Gasteiger partial charge in [0, 0.05) is 10.5 Å². The molecule has 1 aromatic heterocycles. The van der Waals surface area contributed by atoms with Crippen molar-refractivity contribution in [3.8, 4) is 0 Å². The van der Waals surface area contributed by atoms with E-state index in [9.17, 15) is 8.42 Å². The van der Waals surface area contributed by atoms with Crippen LogP contribution in [0.15, 0.2) is 38.3 Å². The normalized spacial score (nSPS) is 13.3. The first-order chi connectivity index (χ1) is 9.79. The first kappa shape index (κ1) is 17.2. The van der Waals surface area contributed by atoms with Crippen molar-refractivity contribution in [3.63, 3.8) is 0 Å². The molecule has 0 aliphatic carbocycles. The van der Waals surface area contributed by atoms with Gasteiger partial charge in [-0.2, -0.15) is 11.3 Å². The summed E-state index contributed by atoms with van der Waals surface area (Å²) in [6, 6.07) is 4.71. The predicted octanol–water partition coefficient (Wildman–Crippen LogP) is 4.73.